The summed E-state index contributed by atoms with van der Waals surface area (Å²) in [5.41, 5.74) is 4.72. The molecular weight excluding hydrogens is 196 g/mol. The van der Waals surface area contributed by atoms with Gasteiger partial charge in [0.25, 0.3) is 0 Å². The molecular formula is C6H14N2O4S. The summed E-state index contributed by atoms with van der Waals surface area (Å²) in [5.74, 6) is -0.952. The SMILES string of the molecule is CC(C)S(=O)(=O)NCC(O)C(N)=O. The molecule has 0 radical (unpaired) electrons. The molecule has 0 aromatic heterocycles. The van der Waals surface area contributed by atoms with Gasteiger partial charge in [-0.15, -0.1) is 0 Å². The number of hydrogen-bond acceptors (Lipinski definition) is 4. The van der Waals surface area contributed by atoms with E-state index >= 15 is 0 Å². The zero-order valence-corrected chi connectivity index (χ0v) is 8.34. The Bertz CT molecular complexity index is 272. The summed E-state index contributed by atoms with van der Waals surface area (Å²) in [6.07, 6.45) is -1.48. The number of carbonyl (C=O) groups excluding carboxylic acids is 1. The van der Waals surface area contributed by atoms with Gasteiger partial charge < -0.3 is 10.8 Å². The Labute approximate surface area is 77.2 Å². The number of amides is 1. The maximum atomic E-state index is 11.1. The molecule has 0 aliphatic rings. The zero-order valence-electron chi connectivity index (χ0n) is 7.52. The Morgan fingerprint density at radius 3 is 2.31 bits per heavy atom. The summed E-state index contributed by atoms with van der Waals surface area (Å²) < 4.78 is 24.2. The molecule has 0 fully saturated rings. The van der Waals surface area contributed by atoms with Crippen molar-refractivity contribution in [1.82, 2.24) is 4.72 Å². The minimum Gasteiger partial charge on any atom is -0.382 e. The van der Waals surface area contributed by atoms with Gasteiger partial charge in [0.15, 0.2) is 0 Å². The van der Waals surface area contributed by atoms with Crippen molar-refractivity contribution in [3.05, 3.63) is 0 Å². The number of aliphatic hydroxyl groups is 1. The first-order valence-corrected chi connectivity index (χ1v) is 5.28. The Hall–Kier alpha value is -0.660. The van der Waals surface area contributed by atoms with Gasteiger partial charge in [-0.05, 0) is 13.8 Å². The molecule has 0 aliphatic carbocycles. The van der Waals surface area contributed by atoms with Gasteiger partial charge in [-0.3, -0.25) is 4.79 Å². The molecule has 1 amide bonds. The van der Waals surface area contributed by atoms with E-state index in [0.29, 0.717) is 0 Å². The zero-order chi connectivity index (χ0) is 10.6. The molecule has 0 bridgehead atoms. The Kier molecular flexibility index (Phi) is 4.31. The lowest BCUT2D eigenvalue weighted by Crippen LogP contribution is -2.42. The van der Waals surface area contributed by atoms with Crippen LogP contribution in [0.1, 0.15) is 13.8 Å². The van der Waals surface area contributed by atoms with Crippen LogP contribution in [0.3, 0.4) is 0 Å². The van der Waals surface area contributed by atoms with Crippen LogP contribution in [0.25, 0.3) is 0 Å². The van der Waals surface area contributed by atoms with E-state index in [1.807, 2.05) is 0 Å². The molecule has 1 unspecified atom stereocenters. The van der Waals surface area contributed by atoms with Gasteiger partial charge in [0.2, 0.25) is 15.9 Å². The smallest absolute Gasteiger partial charge is 0.247 e. The van der Waals surface area contributed by atoms with E-state index in [2.05, 4.69) is 4.72 Å². The topological polar surface area (TPSA) is 109 Å². The van der Waals surface area contributed by atoms with Crippen LogP contribution in [0.15, 0.2) is 0 Å². The molecule has 0 aromatic carbocycles. The van der Waals surface area contributed by atoms with Crippen LogP contribution >= 0.6 is 0 Å². The van der Waals surface area contributed by atoms with Gasteiger partial charge in [0.05, 0.1) is 5.25 Å². The second-order valence-corrected chi connectivity index (χ2v) is 5.18. The predicted octanol–water partition coefficient (Wildman–Crippen LogP) is -1.84. The molecule has 78 valence electrons. The van der Waals surface area contributed by atoms with E-state index < -0.39 is 27.3 Å². The largest absolute Gasteiger partial charge is 0.382 e. The molecule has 0 spiro atoms. The molecule has 0 rings (SSSR count). The number of carbonyl (C=O) groups is 1. The normalized spacial score (nSPS) is 14.5. The van der Waals surface area contributed by atoms with Gasteiger partial charge in [0, 0.05) is 6.54 Å². The van der Waals surface area contributed by atoms with E-state index in [1.165, 1.54) is 13.8 Å². The lowest BCUT2D eigenvalue weighted by Gasteiger charge is -2.11. The second-order valence-electron chi connectivity index (χ2n) is 2.86. The standard InChI is InChI=1S/C6H14N2O4S/c1-4(2)13(11,12)8-3-5(9)6(7)10/h4-5,8-9H,3H2,1-2H3,(H2,7,10). The maximum absolute atomic E-state index is 11.1. The Morgan fingerprint density at radius 1 is 1.54 bits per heavy atom. The summed E-state index contributed by atoms with van der Waals surface area (Å²) in [6, 6.07) is 0. The molecule has 6 nitrogen and oxygen atoms in total. The molecule has 7 heteroatoms. The summed E-state index contributed by atoms with van der Waals surface area (Å²) in [6.45, 7) is 2.59. The van der Waals surface area contributed by atoms with Crippen molar-refractivity contribution < 1.29 is 18.3 Å². The Morgan fingerprint density at radius 2 is 2.00 bits per heavy atom. The van der Waals surface area contributed by atoms with E-state index in [1.54, 1.807) is 0 Å². The number of aliphatic hydroxyl groups excluding tert-OH is 1. The fourth-order valence-corrected chi connectivity index (χ4v) is 1.19. The van der Waals surface area contributed by atoms with Gasteiger partial charge in [-0.2, -0.15) is 0 Å². The monoisotopic (exact) mass is 210 g/mol. The average Bonchev–Trinajstić information content (AvgIpc) is 1.99. The highest BCUT2D eigenvalue weighted by molar-refractivity contribution is 7.90. The van der Waals surface area contributed by atoms with Crippen molar-refractivity contribution in [2.75, 3.05) is 6.54 Å². The third-order valence-corrected chi connectivity index (χ3v) is 3.24. The van der Waals surface area contributed by atoms with Crippen molar-refractivity contribution in [3.8, 4) is 0 Å². The number of hydrogen-bond donors (Lipinski definition) is 3. The van der Waals surface area contributed by atoms with Crippen molar-refractivity contribution in [2.45, 2.75) is 25.2 Å². The van der Waals surface area contributed by atoms with E-state index in [4.69, 9.17) is 10.8 Å². The van der Waals surface area contributed by atoms with Crippen LogP contribution in [0.2, 0.25) is 0 Å². The highest BCUT2D eigenvalue weighted by atomic mass is 32.2. The number of nitrogens with one attached hydrogen (secondary N) is 1. The van der Waals surface area contributed by atoms with Gasteiger partial charge in [0.1, 0.15) is 6.10 Å². The molecule has 1 atom stereocenters. The average molecular weight is 210 g/mol. The fourth-order valence-electron chi connectivity index (χ4n) is 0.462. The number of nitrogens with two attached hydrogens (primary N) is 1. The van der Waals surface area contributed by atoms with Crippen LogP contribution in [-0.2, 0) is 14.8 Å². The first-order valence-electron chi connectivity index (χ1n) is 3.73. The first kappa shape index (κ1) is 12.3. The lowest BCUT2D eigenvalue weighted by molar-refractivity contribution is -0.125. The maximum Gasteiger partial charge on any atom is 0.247 e. The number of sulfonamides is 1. The van der Waals surface area contributed by atoms with Gasteiger partial charge in [-0.25, -0.2) is 13.1 Å². The highest BCUT2D eigenvalue weighted by Gasteiger charge is 2.18. The summed E-state index contributed by atoms with van der Waals surface area (Å²) >= 11 is 0. The molecule has 4 N–H and O–H groups in total. The lowest BCUT2D eigenvalue weighted by atomic mass is 10.3. The molecule has 0 saturated carbocycles. The van der Waals surface area contributed by atoms with Crippen molar-refractivity contribution in [2.24, 2.45) is 5.73 Å². The fraction of sp³-hybridized carbons (Fsp3) is 0.833. The van der Waals surface area contributed by atoms with Crippen LogP contribution in [0.4, 0.5) is 0 Å². The Balaban J connectivity index is 4.11. The molecule has 13 heavy (non-hydrogen) atoms. The van der Waals surface area contributed by atoms with Crippen molar-refractivity contribution in [1.29, 1.82) is 0 Å². The van der Waals surface area contributed by atoms with Crippen molar-refractivity contribution >= 4 is 15.9 Å². The number of primary amides is 1. The van der Waals surface area contributed by atoms with Crippen LogP contribution in [0.5, 0.6) is 0 Å². The number of rotatable bonds is 5. The molecule has 0 heterocycles. The highest BCUT2D eigenvalue weighted by Crippen LogP contribution is 1.95. The molecule has 0 aromatic rings. The third-order valence-electron chi connectivity index (χ3n) is 1.43. The van der Waals surface area contributed by atoms with Crippen molar-refractivity contribution in [3.63, 3.8) is 0 Å². The van der Waals surface area contributed by atoms with Gasteiger partial charge >= 0.3 is 0 Å². The second kappa shape index (κ2) is 4.54. The quantitative estimate of drug-likeness (QED) is 0.495. The first-order chi connectivity index (χ1) is 5.77. The summed E-state index contributed by atoms with van der Waals surface area (Å²) in [5, 5.41) is 8.27. The minimum absolute atomic E-state index is 0.379. The third kappa shape index (κ3) is 4.20. The minimum atomic E-state index is -3.44. The van der Waals surface area contributed by atoms with E-state index in [0.717, 1.165) is 0 Å². The van der Waals surface area contributed by atoms with E-state index in [-0.39, 0.29) is 6.54 Å². The summed E-state index contributed by atoms with van der Waals surface area (Å²) in [4.78, 5) is 10.3. The van der Waals surface area contributed by atoms with Gasteiger partial charge in [-0.1, -0.05) is 0 Å². The van der Waals surface area contributed by atoms with Crippen LogP contribution in [0, 0.1) is 0 Å². The van der Waals surface area contributed by atoms with Crippen LogP contribution < -0.4 is 10.5 Å². The predicted molar refractivity (Wildman–Crippen MR) is 47.3 cm³/mol. The summed E-state index contributed by atoms with van der Waals surface area (Å²) in [7, 11) is -3.44. The molecule has 0 aliphatic heterocycles. The van der Waals surface area contributed by atoms with Crippen LogP contribution in [-0.4, -0.2) is 37.3 Å². The van der Waals surface area contributed by atoms with E-state index in [9.17, 15) is 13.2 Å². The molecule has 0 saturated heterocycles.